The van der Waals surface area contributed by atoms with Gasteiger partial charge in [0.25, 0.3) is 0 Å². The Morgan fingerprint density at radius 3 is 2.65 bits per heavy atom. The number of allylic oxidation sites excluding steroid dienone is 1. The fourth-order valence-electron chi connectivity index (χ4n) is 2.01. The topological polar surface area (TPSA) is 29.3 Å². The van der Waals surface area contributed by atoms with Crippen molar-refractivity contribution in [3.8, 4) is 0 Å². The minimum absolute atomic E-state index is 0.435. The fourth-order valence-corrected chi connectivity index (χ4v) is 2.01. The Balaban J connectivity index is 2.44. The summed E-state index contributed by atoms with van der Waals surface area (Å²) in [5, 5.41) is 0. The second kappa shape index (κ2) is 8.04. The smallest absolute Gasteiger partial charge is 0.00887 e. The maximum absolute atomic E-state index is 5.87. The molecule has 2 heteroatoms. The van der Waals surface area contributed by atoms with Gasteiger partial charge in [0.2, 0.25) is 0 Å². The average Bonchev–Trinajstić information content (AvgIpc) is 2.37. The van der Waals surface area contributed by atoms with Crippen molar-refractivity contribution in [3.05, 3.63) is 48.6 Å². The summed E-state index contributed by atoms with van der Waals surface area (Å²) in [6.07, 6.45) is 4.24. The zero-order chi connectivity index (χ0) is 12.5. The first-order chi connectivity index (χ1) is 8.27. The molecule has 0 aliphatic heterocycles. The van der Waals surface area contributed by atoms with Crippen molar-refractivity contribution in [1.82, 2.24) is 4.90 Å². The first-order valence-electron chi connectivity index (χ1n) is 6.32. The maximum atomic E-state index is 5.87. The first-order valence-corrected chi connectivity index (χ1v) is 6.32. The third kappa shape index (κ3) is 5.16. The van der Waals surface area contributed by atoms with Gasteiger partial charge < -0.3 is 10.6 Å². The highest BCUT2D eigenvalue weighted by atomic mass is 15.1. The van der Waals surface area contributed by atoms with Crippen molar-refractivity contribution < 1.29 is 0 Å². The fraction of sp³-hybridized carbons (Fsp3) is 0.467. The second-order valence-corrected chi connectivity index (χ2v) is 4.54. The predicted molar refractivity (Wildman–Crippen MR) is 75.2 cm³/mol. The Kier molecular flexibility index (Phi) is 6.60. The Hall–Kier alpha value is -1.12. The molecule has 0 radical (unpaired) electrons. The lowest BCUT2D eigenvalue weighted by Gasteiger charge is -2.23. The van der Waals surface area contributed by atoms with E-state index in [9.17, 15) is 0 Å². The summed E-state index contributed by atoms with van der Waals surface area (Å²) in [4.78, 5) is 2.36. The summed E-state index contributed by atoms with van der Waals surface area (Å²) >= 11 is 0. The number of hydrogen-bond donors (Lipinski definition) is 1. The van der Waals surface area contributed by atoms with Gasteiger partial charge in [0.1, 0.15) is 0 Å². The van der Waals surface area contributed by atoms with E-state index in [0.29, 0.717) is 12.5 Å². The van der Waals surface area contributed by atoms with Crippen LogP contribution < -0.4 is 5.73 Å². The van der Waals surface area contributed by atoms with Crippen molar-refractivity contribution in [3.63, 3.8) is 0 Å². The number of rotatable bonds is 8. The van der Waals surface area contributed by atoms with Gasteiger partial charge in [-0.3, -0.25) is 0 Å². The Labute approximate surface area is 105 Å². The summed E-state index contributed by atoms with van der Waals surface area (Å²) in [6, 6.07) is 10.5. The van der Waals surface area contributed by atoms with E-state index in [-0.39, 0.29) is 0 Å². The zero-order valence-electron chi connectivity index (χ0n) is 10.8. The van der Waals surface area contributed by atoms with Gasteiger partial charge in [-0.05, 0) is 32.0 Å². The molecule has 0 aliphatic rings. The average molecular weight is 232 g/mol. The molecule has 1 rings (SSSR count). The van der Waals surface area contributed by atoms with E-state index in [1.807, 2.05) is 12.1 Å². The number of nitrogens with zero attached hydrogens (tertiary/aromatic N) is 1. The van der Waals surface area contributed by atoms with E-state index >= 15 is 0 Å². The minimum Gasteiger partial charge on any atom is -0.330 e. The van der Waals surface area contributed by atoms with E-state index in [4.69, 9.17) is 5.73 Å². The lowest BCUT2D eigenvalue weighted by molar-refractivity contribution is 0.309. The molecule has 2 N–H and O–H groups in total. The van der Waals surface area contributed by atoms with Crippen LogP contribution in [0.25, 0.3) is 0 Å². The molecule has 0 saturated heterocycles. The SMILES string of the molecule is C=CCCCN(C)CC(CN)c1ccccc1. The monoisotopic (exact) mass is 232 g/mol. The highest BCUT2D eigenvalue weighted by molar-refractivity contribution is 5.20. The predicted octanol–water partition coefficient (Wildman–Crippen LogP) is 2.63. The van der Waals surface area contributed by atoms with Gasteiger partial charge in [-0.25, -0.2) is 0 Å². The van der Waals surface area contributed by atoms with Gasteiger partial charge in [0.15, 0.2) is 0 Å². The molecule has 0 aromatic heterocycles. The van der Waals surface area contributed by atoms with E-state index in [2.05, 4.69) is 42.8 Å². The van der Waals surface area contributed by atoms with Crippen LogP contribution in [0.3, 0.4) is 0 Å². The molecule has 94 valence electrons. The lowest BCUT2D eigenvalue weighted by Crippen LogP contribution is -2.29. The first kappa shape index (κ1) is 13.9. The molecule has 1 atom stereocenters. The standard InChI is InChI=1S/C15H24N2/c1-3-4-8-11-17(2)13-15(12-16)14-9-6-5-7-10-14/h3,5-7,9-10,15H,1,4,8,11-13,16H2,2H3. The van der Waals surface area contributed by atoms with Crippen LogP contribution in [0.15, 0.2) is 43.0 Å². The van der Waals surface area contributed by atoms with Crippen molar-refractivity contribution in [2.45, 2.75) is 18.8 Å². The van der Waals surface area contributed by atoms with Gasteiger partial charge in [-0.15, -0.1) is 6.58 Å². The van der Waals surface area contributed by atoms with Crippen LogP contribution in [0.5, 0.6) is 0 Å². The summed E-state index contributed by atoms with van der Waals surface area (Å²) < 4.78 is 0. The van der Waals surface area contributed by atoms with Crippen molar-refractivity contribution in [1.29, 1.82) is 0 Å². The van der Waals surface area contributed by atoms with Gasteiger partial charge in [-0.2, -0.15) is 0 Å². The largest absolute Gasteiger partial charge is 0.330 e. The molecule has 1 aromatic carbocycles. The van der Waals surface area contributed by atoms with Crippen LogP contribution in [0.1, 0.15) is 24.3 Å². The molecule has 1 unspecified atom stereocenters. The highest BCUT2D eigenvalue weighted by Crippen LogP contribution is 2.15. The molecule has 0 amide bonds. The van der Waals surface area contributed by atoms with Crippen LogP contribution in [-0.2, 0) is 0 Å². The number of nitrogens with two attached hydrogens (primary N) is 1. The van der Waals surface area contributed by atoms with Crippen LogP contribution in [-0.4, -0.2) is 31.6 Å². The molecule has 0 fully saturated rings. The molecular weight excluding hydrogens is 208 g/mol. The van der Waals surface area contributed by atoms with Gasteiger partial charge in [-0.1, -0.05) is 36.4 Å². The minimum atomic E-state index is 0.435. The van der Waals surface area contributed by atoms with E-state index in [1.165, 1.54) is 12.0 Å². The summed E-state index contributed by atoms with van der Waals surface area (Å²) in [5.74, 6) is 0.435. The van der Waals surface area contributed by atoms with Crippen molar-refractivity contribution >= 4 is 0 Å². The molecule has 1 aromatic rings. The maximum Gasteiger partial charge on any atom is 0.00887 e. The van der Waals surface area contributed by atoms with E-state index < -0.39 is 0 Å². The Morgan fingerprint density at radius 1 is 1.35 bits per heavy atom. The summed E-state index contributed by atoms with van der Waals surface area (Å²) in [6.45, 7) is 6.58. The third-order valence-electron chi connectivity index (χ3n) is 3.04. The Bertz CT molecular complexity index is 308. The number of unbranched alkanes of at least 4 members (excludes halogenated alkanes) is 1. The van der Waals surface area contributed by atoms with Gasteiger partial charge in [0.05, 0.1) is 0 Å². The molecule has 0 spiro atoms. The molecular formula is C15H24N2. The van der Waals surface area contributed by atoms with Crippen LogP contribution in [0.2, 0.25) is 0 Å². The summed E-state index contributed by atoms with van der Waals surface area (Å²) in [7, 11) is 2.16. The molecule has 0 bridgehead atoms. The normalized spacial score (nSPS) is 12.6. The van der Waals surface area contributed by atoms with Crippen molar-refractivity contribution in [2.24, 2.45) is 5.73 Å². The zero-order valence-corrected chi connectivity index (χ0v) is 10.8. The van der Waals surface area contributed by atoms with Crippen LogP contribution in [0.4, 0.5) is 0 Å². The molecule has 0 heterocycles. The lowest BCUT2D eigenvalue weighted by atomic mass is 9.99. The van der Waals surface area contributed by atoms with Gasteiger partial charge in [0, 0.05) is 19.0 Å². The van der Waals surface area contributed by atoms with Crippen LogP contribution >= 0.6 is 0 Å². The van der Waals surface area contributed by atoms with Gasteiger partial charge >= 0.3 is 0 Å². The number of benzene rings is 1. The summed E-state index contributed by atoms with van der Waals surface area (Å²) in [5.41, 5.74) is 7.20. The number of hydrogen-bond acceptors (Lipinski definition) is 2. The van der Waals surface area contributed by atoms with E-state index in [0.717, 1.165) is 19.5 Å². The van der Waals surface area contributed by atoms with E-state index in [1.54, 1.807) is 0 Å². The third-order valence-corrected chi connectivity index (χ3v) is 3.04. The van der Waals surface area contributed by atoms with Crippen LogP contribution in [0, 0.1) is 0 Å². The molecule has 0 aliphatic carbocycles. The molecule has 0 saturated carbocycles. The Morgan fingerprint density at radius 2 is 2.06 bits per heavy atom. The quantitative estimate of drug-likeness (QED) is 0.551. The van der Waals surface area contributed by atoms with Crippen molar-refractivity contribution in [2.75, 3.05) is 26.7 Å². The molecule has 17 heavy (non-hydrogen) atoms. The second-order valence-electron chi connectivity index (χ2n) is 4.54. The number of likely N-dealkylation sites (N-methyl/N-ethyl adjacent to an activating group) is 1. The highest BCUT2D eigenvalue weighted by Gasteiger charge is 2.11. The molecule has 2 nitrogen and oxygen atoms in total.